The lowest BCUT2D eigenvalue weighted by molar-refractivity contribution is 0.392. The van der Waals surface area contributed by atoms with Crippen LogP contribution in [0.15, 0.2) is 30.5 Å². The van der Waals surface area contributed by atoms with Crippen LogP contribution < -0.4 is 10.1 Å². The van der Waals surface area contributed by atoms with Gasteiger partial charge in [-0.1, -0.05) is 6.07 Å². The van der Waals surface area contributed by atoms with E-state index in [1.54, 1.807) is 31.0 Å². The number of aryl methyl sites for hydroxylation is 1. The summed E-state index contributed by atoms with van der Waals surface area (Å²) in [5.74, 6) is 0.282. The Morgan fingerprint density at radius 1 is 1.42 bits per heavy atom. The highest BCUT2D eigenvalue weighted by atomic mass is 19.1. The zero-order valence-electron chi connectivity index (χ0n) is 11.4. The smallest absolute Gasteiger partial charge is 0.131 e. The minimum atomic E-state index is -0.269. The molecule has 0 aliphatic carbocycles. The molecule has 0 spiro atoms. The first kappa shape index (κ1) is 13.5. The van der Waals surface area contributed by atoms with Crippen molar-refractivity contribution in [1.29, 1.82) is 0 Å². The van der Waals surface area contributed by atoms with Gasteiger partial charge in [-0.2, -0.15) is 5.10 Å². The van der Waals surface area contributed by atoms with E-state index in [-0.39, 0.29) is 11.9 Å². The van der Waals surface area contributed by atoms with Crippen LogP contribution in [0.3, 0.4) is 0 Å². The van der Waals surface area contributed by atoms with Gasteiger partial charge in [-0.05, 0) is 25.2 Å². The molecule has 0 saturated heterocycles. The average molecular weight is 263 g/mol. The van der Waals surface area contributed by atoms with E-state index >= 15 is 0 Å². The van der Waals surface area contributed by atoms with Gasteiger partial charge in [-0.15, -0.1) is 0 Å². The van der Waals surface area contributed by atoms with Crippen LogP contribution >= 0.6 is 0 Å². The molecule has 19 heavy (non-hydrogen) atoms. The minimum absolute atomic E-state index is 0.175. The summed E-state index contributed by atoms with van der Waals surface area (Å²) < 4.78 is 21.0. The zero-order chi connectivity index (χ0) is 13.8. The fourth-order valence-corrected chi connectivity index (χ4v) is 2.16. The Balaban J connectivity index is 2.31. The highest BCUT2D eigenvalue weighted by molar-refractivity contribution is 5.37. The van der Waals surface area contributed by atoms with Crippen molar-refractivity contribution in [3.05, 3.63) is 47.5 Å². The number of ether oxygens (including phenoxy) is 1. The van der Waals surface area contributed by atoms with Crippen LogP contribution in [0, 0.1) is 5.82 Å². The zero-order valence-corrected chi connectivity index (χ0v) is 11.4. The molecule has 2 aromatic rings. The van der Waals surface area contributed by atoms with Gasteiger partial charge in [0.15, 0.2) is 0 Å². The molecule has 1 N–H and O–H groups in total. The lowest BCUT2D eigenvalue weighted by Gasteiger charge is -2.19. The number of hydrogen-bond donors (Lipinski definition) is 1. The Morgan fingerprint density at radius 3 is 2.79 bits per heavy atom. The van der Waals surface area contributed by atoms with Crippen molar-refractivity contribution in [2.45, 2.75) is 12.5 Å². The second-order valence-corrected chi connectivity index (χ2v) is 4.38. The van der Waals surface area contributed by atoms with Gasteiger partial charge in [0.2, 0.25) is 0 Å². The van der Waals surface area contributed by atoms with E-state index in [0.29, 0.717) is 17.7 Å². The molecule has 5 heteroatoms. The van der Waals surface area contributed by atoms with E-state index in [1.807, 2.05) is 19.3 Å². The van der Waals surface area contributed by atoms with Crippen molar-refractivity contribution in [3.63, 3.8) is 0 Å². The standard InChI is InChI=1S/C14H18FN3O/c1-16-12(9-10-7-8-18(2)17-10)14-11(15)5-4-6-13(14)19-3/h4-8,12,16H,9H2,1-3H3. The molecule has 102 valence electrons. The van der Waals surface area contributed by atoms with E-state index in [9.17, 15) is 4.39 Å². The lowest BCUT2D eigenvalue weighted by atomic mass is 10.0. The van der Waals surface area contributed by atoms with Crippen molar-refractivity contribution in [3.8, 4) is 5.75 Å². The van der Waals surface area contributed by atoms with Gasteiger partial charge in [0.1, 0.15) is 11.6 Å². The van der Waals surface area contributed by atoms with Crippen LogP contribution in [0.5, 0.6) is 5.75 Å². The van der Waals surface area contributed by atoms with E-state index in [2.05, 4.69) is 10.4 Å². The van der Waals surface area contributed by atoms with Gasteiger partial charge in [0.25, 0.3) is 0 Å². The Hall–Kier alpha value is -1.88. The number of likely N-dealkylation sites (N-methyl/N-ethyl adjacent to an activating group) is 1. The van der Waals surface area contributed by atoms with E-state index in [0.717, 1.165) is 5.69 Å². The maximum atomic E-state index is 14.0. The van der Waals surface area contributed by atoms with Crippen molar-refractivity contribution < 1.29 is 9.13 Å². The molecule has 1 atom stereocenters. The average Bonchev–Trinajstić information content (AvgIpc) is 2.81. The minimum Gasteiger partial charge on any atom is -0.496 e. The first-order valence-corrected chi connectivity index (χ1v) is 6.14. The number of methoxy groups -OCH3 is 1. The number of rotatable bonds is 5. The number of halogens is 1. The highest BCUT2D eigenvalue weighted by Gasteiger charge is 2.20. The maximum Gasteiger partial charge on any atom is 0.131 e. The maximum absolute atomic E-state index is 14.0. The Labute approximate surface area is 112 Å². The monoisotopic (exact) mass is 263 g/mol. The first-order chi connectivity index (χ1) is 9.15. The molecule has 1 heterocycles. The number of nitrogens with zero attached hydrogens (tertiary/aromatic N) is 2. The highest BCUT2D eigenvalue weighted by Crippen LogP contribution is 2.29. The predicted octanol–water partition coefficient (Wildman–Crippen LogP) is 2.07. The SMILES string of the molecule is CNC(Cc1ccn(C)n1)c1c(F)cccc1OC. The van der Waals surface area contributed by atoms with Crippen LogP contribution in [0.1, 0.15) is 17.3 Å². The summed E-state index contributed by atoms with van der Waals surface area (Å²) in [5.41, 5.74) is 1.45. The fourth-order valence-electron chi connectivity index (χ4n) is 2.16. The third-order valence-electron chi connectivity index (χ3n) is 3.11. The van der Waals surface area contributed by atoms with Crippen LogP contribution in [0.25, 0.3) is 0 Å². The molecule has 0 amide bonds. The molecule has 0 aliphatic heterocycles. The summed E-state index contributed by atoms with van der Waals surface area (Å²) in [6.07, 6.45) is 2.48. The van der Waals surface area contributed by atoms with Crippen LogP contribution in [0.4, 0.5) is 4.39 Å². The van der Waals surface area contributed by atoms with Crippen LogP contribution in [0.2, 0.25) is 0 Å². The normalized spacial score (nSPS) is 12.4. The van der Waals surface area contributed by atoms with Gasteiger partial charge >= 0.3 is 0 Å². The second-order valence-electron chi connectivity index (χ2n) is 4.38. The third-order valence-corrected chi connectivity index (χ3v) is 3.11. The largest absolute Gasteiger partial charge is 0.496 e. The molecular weight excluding hydrogens is 245 g/mol. The number of benzene rings is 1. The summed E-state index contributed by atoms with van der Waals surface area (Å²) in [7, 11) is 5.22. The fraction of sp³-hybridized carbons (Fsp3) is 0.357. The number of hydrogen-bond acceptors (Lipinski definition) is 3. The van der Waals surface area contributed by atoms with Gasteiger partial charge < -0.3 is 10.1 Å². The first-order valence-electron chi connectivity index (χ1n) is 6.14. The summed E-state index contributed by atoms with van der Waals surface area (Å²) in [4.78, 5) is 0. The number of nitrogens with one attached hydrogen (secondary N) is 1. The summed E-state index contributed by atoms with van der Waals surface area (Å²) in [6, 6.07) is 6.61. The lowest BCUT2D eigenvalue weighted by Crippen LogP contribution is -2.21. The predicted molar refractivity (Wildman–Crippen MR) is 71.7 cm³/mol. The molecule has 1 aromatic heterocycles. The van der Waals surface area contributed by atoms with E-state index in [4.69, 9.17) is 4.74 Å². The molecule has 1 aromatic carbocycles. The van der Waals surface area contributed by atoms with Gasteiger partial charge in [0, 0.05) is 31.3 Å². The van der Waals surface area contributed by atoms with Gasteiger partial charge in [-0.25, -0.2) is 4.39 Å². The summed E-state index contributed by atoms with van der Waals surface area (Å²) in [6.45, 7) is 0. The Kier molecular flexibility index (Phi) is 4.16. The van der Waals surface area contributed by atoms with Gasteiger partial charge in [0.05, 0.1) is 12.8 Å². The molecule has 4 nitrogen and oxygen atoms in total. The second kappa shape index (κ2) is 5.84. The molecular formula is C14H18FN3O. The molecule has 2 rings (SSSR count). The van der Waals surface area contributed by atoms with Crippen molar-refractivity contribution in [2.75, 3.05) is 14.2 Å². The Bertz CT molecular complexity index is 553. The number of aromatic nitrogens is 2. The molecule has 0 aliphatic rings. The van der Waals surface area contributed by atoms with E-state index < -0.39 is 0 Å². The molecule has 0 radical (unpaired) electrons. The quantitative estimate of drug-likeness (QED) is 0.897. The molecule has 0 saturated carbocycles. The van der Waals surface area contributed by atoms with Crippen molar-refractivity contribution in [1.82, 2.24) is 15.1 Å². The van der Waals surface area contributed by atoms with Crippen molar-refractivity contribution >= 4 is 0 Å². The molecule has 0 bridgehead atoms. The topological polar surface area (TPSA) is 39.1 Å². The van der Waals surface area contributed by atoms with Crippen LogP contribution in [-0.2, 0) is 13.5 Å². The summed E-state index contributed by atoms with van der Waals surface area (Å²) >= 11 is 0. The van der Waals surface area contributed by atoms with Crippen molar-refractivity contribution in [2.24, 2.45) is 7.05 Å². The van der Waals surface area contributed by atoms with Gasteiger partial charge in [-0.3, -0.25) is 4.68 Å². The molecule has 1 unspecified atom stereocenters. The summed E-state index contributed by atoms with van der Waals surface area (Å²) in [5, 5.41) is 7.44. The third kappa shape index (κ3) is 2.93. The van der Waals surface area contributed by atoms with Crippen LogP contribution in [-0.4, -0.2) is 23.9 Å². The molecule has 0 fully saturated rings. The Morgan fingerprint density at radius 2 is 2.21 bits per heavy atom. The van der Waals surface area contributed by atoms with E-state index in [1.165, 1.54) is 6.07 Å².